The van der Waals surface area contributed by atoms with E-state index < -0.39 is 19.9 Å². The molecule has 2 unspecified atom stereocenters. The summed E-state index contributed by atoms with van der Waals surface area (Å²) in [6.07, 6.45) is 2.72. The first kappa shape index (κ1) is 23.2. The molecule has 1 saturated carbocycles. The summed E-state index contributed by atoms with van der Waals surface area (Å²) in [7, 11) is -6.69. The number of hydrogen-bond donors (Lipinski definition) is 2. The number of ether oxygens (including phenoxy) is 1. The maximum Gasteiger partial charge on any atom is 0.240 e. The zero-order valence-corrected chi connectivity index (χ0v) is 17.2. The van der Waals surface area contributed by atoms with Gasteiger partial charge in [0.25, 0.3) is 0 Å². The maximum atomic E-state index is 12.5. The molecule has 0 amide bonds. The molecule has 0 saturated heterocycles. The number of nitrogens with one attached hydrogen (secondary N) is 1. The van der Waals surface area contributed by atoms with Crippen LogP contribution in [0.25, 0.3) is 0 Å². The Morgan fingerprint density at radius 3 is 2.38 bits per heavy atom. The Morgan fingerprint density at radius 1 is 1.15 bits per heavy atom. The predicted octanol–water partition coefficient (Wildman–Crippen LogP) is 1.33. The van der Waals surface area contributed by atoms with Crippen molar-refractivity contribution in [3.05, 3.63) is 24.3 Å². The van der Waals surface area contributed by atoms with E-state index in [1.807, 2.05) is 0 Å². The van der Waals surface area contributed by atoms with Crippen molar-refractivity contribution in [2.24, 2.45) is 11.7 Å². The lowest BCUT2D eigenvalue weighted by molar-refractivity contribution is 0.340. The van der Waals surface area contributed by atoms with E-state index in [4.69, 9.17) is 10.5 Å². The van der Waals surface area contributed by atoms with E-state index in [2.05, 4.69) is 4.72 Å². The van der Waals surface area contributed by atoms with Crippen LogP contribution in [-0.4, -0.2) is 47.5 Å². The van der Waals surface area contributed by atoms with Crippen LogP contribution in [0.4, 0.5) is 0 Å². The lowest BCUT2D eigenvalue weighted by Crippen LogP contribution is -2.39. The SMILES string of the molecule is CCS(=O)(=O)CCOc1ccc(S(=O)(=O)NC2CCCC2CN)cc1.Cl. The van der Waals surface area contributed by atoms with Crippen LogP contribution < -0.4 is 15.2 Å². The molecule has 0 bridgehead atoms. The van der Waals surface area contributed by atoms with Crippen molar-refractivity contribution in [1.29, 1.82) is 0 Å². The van der Waals surface area contributed by atoms with Gasteiger partial charge in [-0.1, -0.05) is 13.3 Å². The Morgan fingerprint density at radius 2 is 1.81 bits per heavy atom. The lowest BCUT2D eigenvalue weighted by atomic mass is 10.1. The van der Waals surface area contributed by atoms with Crippen LogP contribution in [0.3, 0.4) is 0 Å². The zero-order chi connectivity index (χ0) is 18.5. The summed E-state index contributed by atoms with van der Waals surface area (Å²) in [5.41, 5.74) is 5.69. The standard InChI is InChI=1S/C16H26N2O5S2.ClH/c1-2-24(19,20)11-10-23-14-6-8-15(9-7-14)25(21,22)18-16-5-3-4-13(16)12-17;/h6-9,13,16,18H,2-5,10-12,17H2,1H3;1H. The molecular formula is C16H27ClN2O5S2. The average molecular weight is 427 g/mol. The van der Waals surface area contributed by atoms with Crippen molar-refractivity contribution in [2.75, 3.05) is 24.7 Å². The minimum Gasteiger partial charge on any atom is -0.493 e. The largest absolute Gasteiger partial charge is 0.493 e. The van der Waals surface area contributed by atoms with Gasteiger partial charge in [-0.15, -0.1) is 12.4 Å². The molecule has 10 heteroatoms. The quantitative estimate of drug-likeness (QED) is 0.615. The van der Waals surface area contributed by atoms with Crippen molar-refractivity contribution < 1.29 is 21.6 Å². The van der Waals surface area contributed by atoms with E-state index in [1.54, 1.807) is 6.92 Å². The first-order chi connectivity index (χ1) is 11.8. The predicted molar refractivity (Wildman–Crippen MR) is 104 cm³/mol. The maximum absolute atomic E-state index is 12.5. The monoisotopic (exact) mass is 426 g/mol. The zero-order valence-electron chi connectivity index (χ0n) is 14.8. The van der Waals surface area contributed by atoms with E-state index in [1.165, 1.54) is 24.3 Å². The van der Waals surface area contributed by atoms with Crippen LogP contribution >= 0.6 is 12.4 Å². The van der Waals surface area contributed by atoms with Crippen molar-refractivity contribution in [2.45, 2.75) is 37.1 Å². The number of benzene rings is 1. The molecule has 26 heavy (non-hydrogen) atoms. The highest BCUT2D eigenvalue weighted by molar-refractivity contribution is 7.91. The van der Waals surface area contributed by atoms with Gasteiger partial charge in [0, 0.05) is 11.8 Å². The third-order valence-corrected chi connectivity index (χ3v) is 7.68. The third kappa shape index (κ3) is 6.38. The Labute approximate surface area is 162 Å². The van der Waals surface area contributed by atoms with E-state index >= 15 is 0 Å². The van der Waals surface area contributed by atoms with Crippen molar-refractivity contribution in [1.82, 2.24) is 4.72 Å². The van der Waals surface area contributed by atoms with Gasteiger partial charge < -0.3 is 10.5 Å². The van der Waals surface area contributed by atoms with Gasteiger partial charge in [0.2, 0.25) is 10.0 Å². The Bertz CT molecular complexity index is 766. The normalized spacial score (nSPS) is 20.5. The molecule has 1 aliphatic carbocycles. The van der Waals surface area contributed by atoms with E-state index in [0.717, 1.165) is 19.3 Å². The Kier molecular flexibility index (Phi) is 8.81. The molecule has 1 aliphatic rings. The smallest absolute Gasteiger partial charge is 0.240 e. The molecule has 7 nitrogen and oxygen atoms in total. The lowest BCUT2D eigenvalue weighted by Gasteiger charge is -2.19. The highest BCUT2D eigenvalue weighted by Crippen LogP contribution is 2.26. The minimum absolute atomic E-state index is 0. The van der Waals surface area contributed by atoms with Gasteiger partial charge in [0.05, 0.1) is 10.6 Å². The second-order valence-electron chi connectivity index (χ2n) is 6.21. The number of halogens is 1. The van der Waals surface area contributed by atoms with Crippen molar-refractivity contribution in [3.8, 4) is 5.75 Å². The van der Waals surface area contributed by atoms with Gasteiger partial charge in [-0.05, 0) is 49.6 Å². The summed E-state index contributed by atoms with van der Waals surface area (Å²) >= 11 is 0. The fourth-order valence-corrected chi connectivity index (χ4v) is 4.85. The summed E-state index contributed by atoms with van der Waals surface area (Å²) < 4.78 is 55.9. The van der Waals surface area contributed by atoms with Crippen LogP contribution in [0.5, 0.6) is 5.75 Å². The Balaban J connectivity index is 0.00000338. The van der Waals surface area contributed by atoms with E-state index in [9.17, 15) is 16.8 Å². The van der Waals surface area contributed by atoms with Gasteiger partial charge in [0.15, 0.2) is 9.84 Å². The summed E-state index contributed by atoms with van der Waals surface area (Å²) in [6.45, 7) is 2.10. The molecular weight excluding hydrogens is 400 g/mol. The molecule has 2 rings (SSSR count). The number of rotatable bonds is 9. The van der Waals surface area contributed by atoms with Crippen LogP contribution in [0.1, 0.15) is 26.2 Å². The summed E-state index contributed by atoms with van der Waals surface area (Å²) in [6, 6.07) is 5.85. The molecule has 0 aromatic heterocycles. The molecule has 0 spiro atoms. The molecule has 1 aromatic rings. The molecule has 0 radical (unpaired) electrons. The van der Waals surface area contributed by atoms with Crippen LogP contribution in [0.15, 0.2) is 29.2 Å². The second-order valence-corrected chi connectivity index (χ2v) is 10.4. The molecule has 2 atom stereocenters. The molecule has 1 fully saturated rings. The van der Waals surface area contributed by atoms with Crippen LogP contribution in [-0.2, 0) is 19.9 Å². The third-order valence-electron chi connectivity index (χ3n) is 4.51. The number of sulfonamides is 1. The van der Waals surface area contributed by atoms with Crippen LogP contribution in [0.2, 0.25) is 0 Å². The van der Waals surface area contributed by atoms with Crippen LogP contribution in [0, 0.1) is 5.92 Å². The first-order valence-corrected chi connectivity index (χ1v) is 11.7. The second kappa shape index (κ2) is 9.89. The molecule has 3 N–H and O–H groups in total. The highest BCUT2D eigenvalue weighted by atomic mass is 35.5. The van der Waals surface area contributed by atoms with Gasteiger partial charge in [-0.2, -0.15) is 0 Å². The molecule has 0 aliphatic heterocycles. The van der Waals surface area contributed by atoms with Crippen molar-refractivity contribution in [3.63, 3.8) is 0 Å². The van der Waals surface area contributed by atoms with E-state index in [0.29, 0.717) is 12.3 Å². The number of nitrogens with two attached hydrogens (primary N) is 1. The highest BCUT2D eigenvalue weighted by Gasteiger charge is 2.30. The van der Waals surface area contributed by atoms with Gasteiger partial charge >= 0.3 is 0 Å². The number of hydrogen-bond acceptors (Lipinski definition) is 6. The molecule has 0 heterocycles. The summed E-state index contributed by atoms with van der Waals surface area (Å²) in [5.74, 6) is 0.626. The van der Waals surface area contributed by atoms with Gasteiger partial charge in [-0.3, -0.25) is 0 Å². The minimum atomic E-state index is -3.61. The van der Waals surface area contributed by atoms with Crippen molar-refractivity contribution >= 4 is 32.3 Å². The van der Waals surface area contributed by atoms with E-state index in [-0.39, 0.29) is 47.4 Å². The first-order valence-electron chi connectivity index (χ1n) is 8.43. The molecule has 150 valence electrons. The van der Waals surface area contributed by atoms with Gasteiger partial charge in [-0.25, -0.2) is 21.6 Å². The molecule has 1 aromatic carbocycles. The summed E-state index contributed by atoms with van der Waals surface area (Å²) in [4.78, 5) is 0.156. The Hall–Kier alpha value is -0.870. The average Bonchev–Trinajstić information content (AvgIpc) is 3.01. The number of sulfone groups is 1. The topological polar surface area (TPSA) is 116 Å². The summed E-state index contributed by atoms with van der Waals surface area (Å²) in [5, 5.41) is 0. The van der Waals surface area contributed by atoms with Gasteiger partial charge in [0.1, 0.15) is 12.4 Å². The fourth-order valence-electron chi connectivity index (χ4n) is 2.89. The fraction of sp³-hybridized carbons (Fsp3) is 0.625.